The van der Waals surface area contributed by atoms with E-state index in [0.29, 0.717) is 22.2 Å². The summed E-state index contributed by atoms with van der Waals surface area (Å²) < 4.78 is 40.4. The molecule has 0 unspecified atom stereocenters. The van der Waals surface area contributed by atoms with Gasteiger partial charge in [-0.25, -0.2) is 4.79 Å². The summed E-state index contributed by atoms with van der Waals surface area (Å²) in [5, 5.41) is 0. The van der Waals surface area contributed by atoms with Gasteiger partial charge >= 0.3 is 35.4 Å². The zero-order valence-corrected chi connectivity index (χ0v) is 11.5. The van der Waals surface area contributed by atoms with Crippen molar-refractivity contribution < 1.29 is 21.8 Å². The third kappa shape index (κ3) is 4.51. The van der Waals surface area contributed by atoms with E-state index >= 15 is 0 Å². The molecule has 2 rings (SSSR count). The van der Waals surface area contributed by atoms with Crippen LogP contribution in [-0.4, -0.2) is 42.5 Å². The molecule has 2 aromatic rings. The van der Waals surface area contributed by atoms with Crippen molar-refractivity contribution in [3.63, 3.8) is 0 Å². The fourth-order valence-corrected chi connectivity index (χ4v) is 2.93. The molecule has 1 aromatic carbocycles. The van der Waals surface area contributed by atoms with Gasteiger partial charge in [-0.2, -0.15) is 8.42 Å². The number of hydrogen-bond donors (Lipinski definition) is 1. The first-order valence-corrected chi connectivity index (χ1v) is 7.58. The second kappa shape index (κ2) is 6.97. The Morgan fingerprint density at radius 2 is 2.00 bits per heavy atom. The Bertz CT molecular complexity index is 746. The van der Waals surface area contributed by atoms with Gasteiger partial charge in [-0.15, -0.1) is 11.8 Å². The van der Waals surface area contributed by atoms with Crippen LogP contribution in [0.4, 0.5) is 0 Å². The Hall–Kier alpha value is -0.510. The molecule has 0 aliphatic rings. The molecule has 1 aromatic heterocycles. The Kier molecular flexibility index (Phi) is 6.11. The van der Waals surface area contributed by atoms with Gasteiger partial charge in [0, 0.05) is 4.90 Å². The summed E-state index contributed by atoms with van der Waals surface area (Å²) in [5.74, 6) is 0.349. The van der Waals surface area contributed by atoms with Crippen molar-refractivity contribution in [1.82, 2.24) is 0 Å². The van der Waals surface area contributed by atoms with Gasteiger partial charge in [0.05, 0.1) is 10.6 Å². The predicted molar refractivity (Wildman–Crippen MR) is 74.9 cm³/mol. The summed E-state index contributed by atoms with van der Waals surface area (Å²) in [6.07, 6.45) is 0. The van der Waals surface area contributed by atoms with Crippen molar-refractivity contribution in [2.45, 2.75) is 22.5 Å². The monoisotopic (exact) mass is 326 g/mol. The molecule has 0 radical (unpaired) electrons. The number of hydrogen-bond acceptors (Lipinski definition) is 6. The minimum absolute atomic E-state index is 0. The fourth-order valence-electron chi connectivity index (χ4n) is 1.38. The van der Waals surface area contributed by atoms with E-state index in [2.05, 4.69) is 0 Å². The molecule has 20 heavy (non-hydrogen) atoms. The first-order valence-electron chi connectivity index (χ1n) is 5.16. The molecule has 0 amide bonds. The molecule has 9 heteroatoms. The van der Waals surface area contributed by atoms with Crippen molar-refractivity contribution in [2.75, 3.05) is 0 Å². The van der Waals surface area contributed by atoms with E-state index in [1.54, 1.807) is 13.0 Å². The molecule has 0 aliphatic heterocycles. The van der Waals surface area contributed by atoms with Crippen LogP contribution in [0.3, 0.4) is 0 Å². The average Bonchev–Trinajstić information content (AvgIpc) is 2.64. The average molecular weight is 326 g/mol. The minimum atomic E-state index is -4.22. The summed E-state index contributed by atoms with van der Waals surface area (Å²) in [7, 11) is -4.22. The number of rotatable bonds is 4. The van der Waals surface area contributed by atoms with Crippen LogP contribution < -0.4 is 5.82 Å². The zero-order valence-electron chi connectivity index (χ0n) is 9.82. The van der Waals surface area contributed by atoms with E-state index in [4.69, 9.17) is 13.4 Å². The molecule has 0 spiro atoms. The maximum atomic E-state index is 11.0. The second-order valence-electron chi connectivity index (χ2n) is 3.67. The molecule has 0 atom stereocenters. The van der Waals surface area contributed by atoms with Crippen LogP contribution in [0.2, 0.25) is 0 Å². The molecule has 104 valence electrons. The standard InChI is InChI=1S/C11H10O6S2.Na.H/c1-7-10(17-11(12)16-7)6-18-8-3-2-4-9(5-8)19(13,14)15;;/h2-5H,6H2,1H3,(H,13,14,15);;. The summed E-state index contributed by atoms with van der Waals surface area (Å²) in [4.78, 5) is 11.3. The van der Waals surface area contributed by atoms with E-state index in [-0.39, 0.29) is 34.5 Å². The van der Waals surface area contributed by atoms with Gasteiger partial charge in [0.2, 0.25) is 0 Å². The van der Waals surface area contributed by atoms with E-state index in [1.165, 1.54) is 30.0 Å². The van der Waals surface area contributed by atoms with Gasteiger partial charge in [-0.1, -0.05) is 6.07 Å². The maximum absolute atomic E-state index is 11.0. The van der Waals surface area contributed by atoms with Gasteiger partial charge in [-0.3, -0.25) is 4.55 Å². The van der Waals surface area contributed by atoms with Crippen LogP contribution in [0, 0.1) is 6.92 Å². The predicted octanol–water partition coefficient (Wildman–Crippen LogP) is 1.43. The molecular weight excluding hydrogens is 315 g/mol. The summed E-state index contributed by atoms with van der Waals surface area (Å²) >= 11 is 1.26. The Morgan fingerprint density at radius 1 is 1.30 bits per heavy atom. The first-order chi connectivity index (χ1) is 8.86. The van der Waals surface area contributed by atoms with Crippen LogP contribution in [0.15, 0.2) is 47.7 Å². The number of aryl methyl sites for hydroxylation is 1. The quantitative estimate of drug-likeness (QED) is 0.515. The van der Waals surface area contributed by atoms with Crippen LogP contribution in [-0.2, 0) is 15.9 Å². The summed E-state index contributed by atoms with van der Waals surface area (Å²) in [6, 6.07) is 5.84. The van der Waals surface area contributed by atoms with Gasteiger partial charge in [0.15, 0.2) is 5.76 Å². The van der Waals surface area contributed by atoms with Crippen molar-refractivity contribution in [1.29, 1.82) is 0 Å². The van der Waals surface area contributed by atoms with Crippen LogP contribution in [0.1, 0.15) is 11.5 Å². The molecule has 1 N–H and O–H groups in total. The van der Waals surface area contributed by atoms with Crippen LogP contribution in [0.25, 0.3) is 0 Å². The molecule has 6 nitrogen and oxygen atoms in total. The third-order valence-corrected chi connectivity index (χ3v) is 4.15. The van der Waals surface area contributed by atoms with Gasteiger partial charge in [0.1, 0.15) is 5.76 Å². The van der Waals surface area contributed by atoms with Crippen LogP contribution >= 0.6 is 11.8 Å². The van der Waals surface area contributed by atoms with E-state index < -0.39 is 15.9 Å². The van der Waals surface area contributed by atoms with Gasteiger partial charge in [-0.05, 0) is 25.1 Å². The molecule has 0 aliphatic carbocycles. The molecule has 1 heterocycles. The molecule has 0 fully saturated rings. The van der Waals surface area contributed by atoms with E-state index in [1.807, 2.05) is 0 Å². The van der Waals surface area contributed by atoms with Crippen molar-refractivity contribution in [3.8, 4) is 0 Å². The van der Waals surface area contributed by atoms with Crippen molar-refractivity contribution >= 4 is 51.4 Å². The molecule has 0 bridgehead atoms. The van der Waals surface area contributed by atoms with Crippen molar-refractivity contribution in [2.24, 2.45) is 0 Å². The third-order valence-electron chi connectivity index (χ3n) is 2.31. The second-order valence-corrected chi connectivity index (χ2v) is 6.14. The Morgan fingerprint density at radius 3 is 2.55 bits per heavy atom. The first kappa shape index (κ1) is 17.5. The SMILES string of the molecule is Cc1oc(=O)oc1CSc1cccc(S(=O)(=O)O)c1.[NaH]. The Balaban J connectivity index is 0.00000200. The fraction of sp³-hybridized carbons (Fsp3) is 0.182. The molecule has 0 saturated carbocycles. The Labute approximate surface area is 141 Å². The normalized spacial score (nSPS) is 11.1. The zero-order chi connectivity index (χ0) is 14.0. The molecule has 0 saturated heterocycles. The summed E-state index contributed by atoms with van der Waals surface area (Å²) in [5.41, 5.74) is 0. The van der Waals surface area contributed by atoms with E-state index in [9.17, 15) is 13.2 Å². The number of thioether (sulfide) groups is 1. The van der Waals surface area contributed by atoms with Crippen molar-refractivity contribution in [3.05, 3.63) is 46.4 Å². The van der Waals surface area contributed by atoms with Gasteiger partial charge < -0.3 is 8.83 Å². The number of benzene rings is 1. The van der Waals surface area contributed by atoms with Gasteiger partial charge in [0.25, 0.3) is 10.1 Å². The summed E-state index contributed by atoms with van der Waals surface area (Å²) in [6.45, 7) is 1.61. The van der Waals surface area contributed by atoms with E-state index in [0.717, 1.165) is 0 Å². The van der Waals surface area contributed by atoms with Crippen LogP contribution in [0.5, 0.6) is 0 Å². The topological polar surface area (TPSA) is 97.7 Å². The molecular formula is C11H11NaO6S2.